The number of ether oxygens (including phenoxy) is 5. The number of nitrogens with zero attached hydrogens (tertiary/aromatic N) is 5. The van der Waals surface area contributed by atoms with Gasteiger partial charge in [0.15, 0.2) is 6.29 Å². The quantitative estimate of drug-likeness (QED) is 0.204. The number of likely N-dealkylation sites (N-methyl/N-ethyl adjacent to an activating group) is 2. The zero-order chi connectivity index (χ0) is 49.2. The van der Waals surface area contributed by atoms with E-state index in [0.29, 0.717) is 37.2 Å². The molecule has 4 heterocycles. The smallest absolute Gasteiger partial charge is 0.309 e. The molecule has 0 radical (unpaired) electrons. The number of rotatable bonds is 11. The topological polar surface area (TPSA) is 202 Å². The number of esters is 1. The summed E-state index contributed by atoms with van der Waals surface area (Å²) in [7, 11) is 5.23. The Morgan fingerprint density at radius 1 is 0.970 bits per heavy atom. The Labute approximate surface area is 389 Å². The number of hydrogen-bond acceptors (Lipinski definition) is 15. The van der Waals surface area contributed by atoms with E-state index < -0.39 is 113 Å². The summed E-state index contributed by atoms with van der Waals surface area (Å²) in [6, 6.07) is 2.28. The van der Waals surface area contributed by atoms with Gasteiger partial charge in [0, 0.05) is 63.3 Å². The van der Waals surface area contributed by atoms with Gasteiger partial charge in [0.1, 0.15) is 41.7 Å². The molecule has 0 saturated carbocycles. The van der Waals surface area contributed by atoms with Crippen molar-refractivity contribution in [2.45, 2.75) is 192 Å². The lowest BCUT2D eigenvalue weighted by Gasteiger charge is -2.51. The fourth-order valence-electron chi connectivity index (χ4n) is 11.1. The van der Waals surface area contributed by atoms with Crippen LogP contribution in [0.1, 0.15) is 106 Å². The highest BCUT2D eigenvalue weighted by molar-refractivity contribution is 5.73. The van der Waals surface area contributed by atoms with Crippen molar-refractivity contribution in [1.29, 1.82) is 0 Å². The number of aliphatic hydroxyl groups excluding tert-OH is 3. The van der Waals surface area contributed by atoms with Crippen molar-refractivity contribution >= 4 is 5.97 Å². The molecule has 3 saturated heterocycles. The molecule has 3 aliphatic rings. The van der Waals surface area contributed by atoms with Crippen LogP contribution in [-0.4, -0.2) is 175 Å². The molecule has 0 amide bonds. The van der Waals surface area contributed by atoms with E-state index in [1.54, 1.807) is 47.7 Å². The average Bonchev–Trinajstić information content (AvgIpc) is 3.68. The van der Waals surface area contributed by atoms with E-state index in [-0.39, 0.29) is 37.8 Å². The predicted octanol–water partition coefficient (Wildman–Crippen LogP) is 3.71. The summed E-state index contributed by atoms with van der Waals surface area (Å²) in [4.78, 5) is 18.5. The molecule has 3 fully saturated rings. The fourth-order valence-corrected chi connectivity index (χ4v) is 11.1. The standard InChI is InChI=1S/C48H79F2N5O11/c1-14-38-48(10,61)41(57)30(6)54(12)23-26(2)21-46(8,60)43(28(4)39(29(5)44(59)65-38)37-22-47(9,62-13)42(58)31(7)64-37)66-45-40(56)36(17-27(3)63-45)53(11)16-15-35-25-55(52-51-35)24-32-18-33(49)20-34(50)19-32/h18-20,25-31,36-43,45,56-58,60-61H,14-17,21-24H2,1-13H3/t26-,27-,28+,29-,30-,31+,36+,37?,38-,39+,40-,41-,42+,43-,45+,46-,47-,48-/m1/s1. The van der Waals surface area contributed by atoms with Gasteiger partial charge in [0.25, 0.3) is 0 Å². The van der Waals surface area contributed by atoms with Crippen LogP contribution < -0.4 is 0 Å². The second-order valence-corrected chi connectivity index (χ2v) is 20.7. The molecule has 0 spiro atoms. The van der Waals surface area contributed by atoms with Crippen LogP contribution in [0.15, 0.2) is 24.4 Å². The molecule has 0 bridgehead atoms. The third-order valence-electron chi connectivity index (χ3n) is 15.0. The number of aliphatic hydroxyl groups is 5. The van der Waals surface area contributed by atoms with Crippen LogP contribution in [0.25, 0.3) is 0 Å². The molecule has 5 N–H and O–H groups in total. The van der Waals surface area contributed by atoms with Gasteiger partial charge in [-0.05, 0) is 104 Å². The largest absolute Gasteiger partial charge is 0.459 e. The Morgan fingerprint density at radius 3 is 2.24 bits per heavy atom. The van der Waals surface area contributed by atoms with E-state index >= 15 is 0 Å². The Balaban J connectivity index is 1.47. The first-order valence-corrected chi connectivity index (χ1v) is 23.7. The van der Waals surface area contributed by atoms with E-state index in [2.05, 4.69) is 10.3 Å². The van der Waals surface area contributed by atoms with Crippen molar-refractivity contribution in [1.82, 2.24) is 24.8 Å². The molecule has 5 rings (SSSR count). The Morgan fingerprint density at radius 2 is 1.62 bits per heavy atom. The molecule has 376 valence electrons. The molecule has 18 heteroatoms. The first-order chi connectivity index (χ1) is 30.7. The Hall–Kier alpha value is -2.75. The second-order valence-electron chi connectivity index (χ2n) is 20.7. The molecule has 1 aromatic carbocycles. The summed E-state index contributed by atoms with van der Waals surface area (Å²) in [5.74, 6) is -4.59. The maximum atomic E-state index is 14.6. The minimum atomic E-state index is -1.83. The zero-order valence-electron chi connectivity index (χ0n) is 41.3. The van der Waals surface area contributed by atoms with Crippen LogP contribution in [0.2, 0.25) is 0 Å². The Kier molecular flexibility index (Phi) is 18.0. The van der Waals surface area contributed by atoms with Gasteiger partial charge in [0.05, 0.1) is 53.8 Å². The van der Waals surface area contributed by atoms with Crippen LogP contribution >= 0.6 is 0 Å². The molecule has 1 unspecified atom stereocenters. The molecule has 0 aliphatic carbocycles. The number of methoxy groups -OCH3 is 1. The van der Waals surface area contributed by atoms with Gasteiger partial charge in [-0.25, -0.2) is 13.5 Å². The minimum Gasteiger partial charge on any atom is -0.459 e. The van der Waals surface area contributed by atoms with Crippen molar-refractivity contribution in [2.75, 3.05) is 34.3 Å². The van der Waals surface area contributed by atoms with E-state index in [9.17, 15) is 39.1 Å². The minimum absolute atomic E-state index is 0.134. The third kappa shape index (κ3) is 12.3. The number of aromatic nitrogens is 3. The maximum Gasteiger partial charge on any atom is 0.309 e. The monoisotopic (exact) mass is 940 g/mol. The molecule has 16 nitrogen and oxygen atoms in total. The van der Waals surface area contributed by atoms with Crippen molar-refractivity contribution in [3.05, 3.63) is 47.3 Å². The van der Waals surface area contributed by atoms with Gasteiger partial charge in [-0.15, -0.1) is 5.10 Å². The first-order valence-electron chi connectivity index (χ1n) is 23.7. The maximum absolute atomic E-state index is 14.6. The normalized spacial score (nSPS) is 41.6. The lowest BCUT2D eigenvalue weighted by atomic mass is 9.68. The summed E-state index contributed by atoms with van der Waals surface area (Å²) in [5, 5.41) is 68.2. The van der Waals surface area contributed by atoms with E-state index in [0.717, 1.165) is 6.07 Å². The van der Waals surface area contributed by atoms with E-state index in [1.807, 2.05) is 44.7 Å². The van der Waals surface area contributed by atoms with Crippen molar-refractivity contribution in [3.8, 4) is 0 Å². The Bertz CT molecular complexity index is 1870. The van der Waals surface area contributed by atoms with Gasteiger partial charge in [0.2, 0.25) is 0 Å². The predicted molar refractivity (Wildman–Crippen MR) is 241 cm³/mol. The van der Waals surface area contributed by atoms with Gasteiger partial charge < -0.3 is 59.0 Å². The van der Waals surface area contributed by atoms with Gasteiger partial charge in [-0.1, -0.05) is 32.9 Å². The number of hydrogen-bond donors (Lipinski definition) is 5. The summed E-state index contributed by atoms with van der Waals surface area (Å²) < 4.78 is 61.1. The molecular formula is C48H79F2N5O11. The number of benzene rings is 1. The zero-order valence-corrected chi connectivity index (χ0v) is 41.3. The summed E-state index contributed by atoms with van der Waals surface area (Å²) in [6.45, 7) is 18.8. The number of carbonyl (C=O) groups is 1. The SMILES string of the molecule is CC[C@H]1OC(=O)[C@H](C)[C@@H](C2C[C@@](C)(OC)[C@@H](O)[C@H](C)O2)[C@H](C)[C@@H](O[C@@H]2O[C@H](C)C[C@H](N(C)CCc3cn(Cc4cc(F)cc(F)c4)nn3)[C@H]2O)[C@](C)(O)C[C@@H](C)CN(C)[C@H](C)[C@@H](O)[C@]1(C)O. The lowest BCUT2D eigenvalue weighted by molar-refractivity contribution is -0.302. The molecule has 2 aromatic rings. The van der Waals surface area contributed by atoms with Crippen molar-refractivity contribution in [3.63, 3.8) is 0 Å². The third-order valence-corrected chi connectivity index (χ3v) is 15.0. The van der Waals surface area contributed by atoms with Crippen LogP contribution in [0.3, 0.4) is 0 Å². The second kappa shape index (κ2) is 21.9. The van der Waals surface area contributed by atoms with Crippen LogP contribution in [0.4, 0.5) is 8.78 Å². The van der Waals surface area contributed by atoms with Crippen molar-refractivity contribution in [2.24, 2.45) is 23.7 Å². The first kappa shape index (κ1) is 54.2. The lowest BCUT2D eigenvalue weighted by Crippen LogP contribution is -2.62. The molecule has 1 aromatic heterocycles. The van der Waals surface area contributed by atoms with Gasteiger partial charge >= 0.3 is 5.97 Å². The van der Waals surface area contributed by atoms with E-state index in [4.69, 9.17) is 23.7 Å². The summed E-state index contributed by atoms with van der Waals surface area (Å²) in [5.41, 5.74) is -3.45. The molecule has 18 atom stereocenters. The molecule has 3 aliphatic heterocycles. The molecular weight excluding hydrogens is 861 g/mol. The van der Waals surface area contributed by atoms with Gasteiger partial charge in [-0.3, -0.25) is 4.79 Å². The summed E-state index contributed by atoms with van der Waals surface area (Å²) >= 11 is 0. The average molecular weight is 940 g/mol. The number of halogens is 2. The highest BCUT2D eigenvalue weighted by atomic mass is 19.1. The molecule has 66 heavy (non-hydrogen) atoms. The van der Waals surface area contributed by atoms with Gasteiger partial charge in [-0.2, -0.15) is 0 Å². The van der Waals surface area contributed by atoms with Crippen LogP contribution in [0, 0.1) is 35.3 Å². The van der Waals surface area contributed by atoms with Crippen LogP contribution in [-0.2, 0) is 41.4 Å². The van der Waals surface area contributed by atoms with Crippen LogP contribution in [0.5, 0.6) is 0 Å². The number of carbonyl (C=O) groups excluding carboxylic acids is 1. The summed E-state index contributed by atoms with van der Waals surface area (Å²) in [6.07, 6.45) is -5.49. The van der Waals surface area contributed by atoms with E-state index in [1.165, 1.54) is 30.8 Å². The van der Waals surface area contributed by atoms with Crippen molar-refractivity contribution < 1.29 is 62.8 Å². The number of cyclic esters (lactones) is 1. The highest BCUT2D eigenvalue weighted by Gasteiger charge is 2.55. The highest BCUT2D eigenvalue weighted by Crippen LogP contribution is 2.45. The fraction of sp³-hybridized carbons (Fsp3) is 0.812.